The van der Waals surface area contributed by atoms with Crippen LogP contribution in [0.3, 0.4) is 0 Å². The molecular weight excluding hydrogens is 232 g/mol. The van der Waals surface area contributed by atoms with Crippen molar-refractivity contribution in [3.8, 4) is 0 Å². The lowest BCUT2D eigenvalue weighted by atomic mass is 10.3. The first-order chi connectivity index (χ1) is 8.31. The van der Waals surface area contributed by atoms with Crippen LogP contribution in [0.15, 0.2) is 42.1 Å². The summed E-state index contributed by atoms with van der Waals surface area (Å²) in [4.78, 5) is 0. The maximum absolute atomic E-state index is 9.78. The second-order valence-corrected chi connectivity index (χ2v) is 5.23. The van der Waals surface area contributed by atoms with Gasteiger partial charge in [0, 0.05) is 5.75 Å². The molecular formula is C13H15N2OS+. The molecule has 88 valence electrons. The molecule has 1 aromatic heterocycles. The van der Waals surface area contributed by atoms with Crippen molar-refractivity contribution >= 4 is 22.8 Å². The summed E-state index contributed by atoms with van der Waals surface area (Å²) in [6.45, 7) is 5.32. The van der Waals surface area contributed by atoms with Crippen molar-refractivity contribution in [3.05, 3.63) is 36.9 Å². The Kier molecular flexibility index (Phi) is 2.68. The van der Waals surface area contributed by atoms with Gasteiger partial charge in [0.2, 0.25) is 0 Å². The third kappa shape index (κ3) is 1.68. The third-order valence-corrected chi connectivity index (χ3v) is 4.29. The molecule has 0 aliphatic carbocycles. The third-order valence-electron chi connectivity index (χ3n) is 3.03. The van der Waals surface area contributed by atoms with Crippen molar-refractivity contribution in [2.75, 3.05) is 5.75 Å². The fourth-order valence-corrected chi connectivity index (χ4v) is 3.45. The summed E-state index contributed by atoms with van der Waals surface area (Å²) in [6.07, 6.45) is 1.67. The number of allylic oxidation sites excluding steroid dienone is 1. The van der Waals surface area contributed by atoms with Crippen molar-refractivity contribution in [2.24, 2.45) is 0 Å². The highest BCUT2D eigenvalue weighted by molar-refractivity contribution is 7.99. The van der Waals surface area contributed by atoms with Crippen molar-refractivity contribution in [2.45, 2.75) is 24.3 Å². The minimum Gasteiger partial charge on any atom is -0.388 e. The molecule has 0 saturated carbocycles. The zero-order valence-electron chi connectivity index (χ0n) is 9.54. The van der Waals surface area contributed by atoms with Gasteiger partial charge in [0.05, 0.1) is 0 Å². The van der Waals surface area contributed by atoms with Crippen LogP contribution in [0.25, 0.3) is 11.0 Å². The Morgan fingerprint density at radius 3 is 3.18 bits per heavy atom. The van der Waals surface area contributed by atoms with E-state index in [1.54, 1.807) is 11.8 Å². The summed E-state index contributed by atoms with van der Waals surface area (Å²) in [6, 6.07) is 8.32. The summed E-state index contributed by atoms with van der Waals surface area (Å²) in [5.74, 6) is 0.771. The molecule has 1 aliphatic rings. The first-order valence-electron chi connectivity index (χ1n) is 5.74. The number of fused-ring (bicyclic) bond motifs is 3. The summed E-state index contributed by atoms with van der Waals surface area (Å²) in [5.41, 5.74) is 2.40. The fraction of sp³-hybridized carbons (Fsp3) is 0.308. The van der Waals surface area contributed by atoms with E-state index < -0.39 is 0 Å². The molecule has 0 saturated heterocycles. The molecule has 3 rings (SSSR count). The van der Waals surface area contributed by atoms with Crippen LogP contribution >= 0.6 is 11.8 Å². The van der Waals surface area contributed by atoms with Crippen molar-refractivity contribution < 1.29 is 9.67 Å². The maximum Gasteiger partial charge on any atom is 0.319 e. The van der Waals surface area contributed by atoms with Gasteiger partial charge in [-0.2, -0.15) is 0 Å². The maximum atomic E-state index is 9.78. The smallest absolute Gasteiger partial charge is 0.319 e. The van der Waals surface area contributed by atoms with Crippen molar-refractivity contribution in [1.82, 2.24) is 4.57 Å². The SMILES string of the molecule is C=CCn1c2[n+](c3ccccc31)C[C@@H](O)CS2. The highest BCUT2D eigenvalue weighted by Crippen LogP contribution is 2.26. The molecule has 2 heterocycles. The summed E-state index contributed by atoms with van der Waals surface area (Å²) in [7, 11) is 0. The predicted molar refractivity (Wildman–Crippen MR) is 69.1 cm³/mol. The second-order valence-electron chi connectivity index (χ2n) is 4.25. The standard InChI is InChI=1S/C13H15N2OS/c1-2-7-14-11-5-3-4-6-12(11)15-8-10(16)9-17-13(14)15/h2-6,10,16H,1,7-9H2/q+1/t10-/m1/s1. The number of thioether (sulfide) groups is 1. The summed E-state index contributed by atoms with van der Waals surface area (Å²) < 4.78 is 4.47. The minimum atomic E-state index is -0.250. The molecule has 2 aromatic rings. The van der Waals surface area contributed by atoms with E-state index in [0.717, 1.165) is 12.3 Å². The molecule has 4 heteroatoms. The molecule has 1 aliphatic heterocycles. The van der Waals surface area contributed by atoms with E-state index in [-0.39, 0.29) is 6.10 Å². The number of imidazole rings is 1. The lowest BCUT2D eigenvalue weighted by molar-refractivity contribution is -0.717. The molecule has 0 spiro atoms. The topological polar surface area (TPSA) is 29.0 Å². The van der Waals surface area contributed by atoms with E-state index >= 15 is 0 Å². The number of para-hydroxylation sites is 2. The van der Waals surface area contributed by atoms with Crippen molar-refractivity contribution in [1.29, 1.82) is 0 Å². The molecule has 0 radical (unpaired) electrons. The van der Waals surface area contributed by atoms with Gasteiger partial charge in [-0.15, -0.1) is 0 Å². The van der Waals surface area contributed by atoms with Gasteiger partial charge in [-0.3, -0.25) is 0 Å². The van der Waals surface area contributed by atoms with E-state index in [1.165, 1.54) is 16.2 Å². The second kappa shape index (κ2) is 4.20. The van der Waals surface area contributed by atoms with Crippen LogP contribution < -0.4 is 4.57 Å². The van der Waals surface area contributed by atoms with Gasteiger partial charge in [-0.05, 0) is 23.9 Å². The minimum absolute atomic E-state index is 0.250. The van der Waals surface area contributed by atoms with Crippen molar-refractivity contribution in [3.63, 3.8) is 0 Å². The average Bonchev–Trinajstić information content (AvgIpc) is 2.65. The Morgan fingerprint density at radius 2 is 2.35 bits per heavy atom. The van der Waals surface area contributed by atoms with E-state index in [9.17, 15) is 5.11 Å². The van der Waals surface area contributed by atoms with Crippen LogP contribution in [0, 0.1) is 0 Å². The summed E-state index contributed by atoms with van der Waals surface area (Å²) >= 11 is 1.72. The zero-order chi connectivity index (χ0) is 11.8. The first kappa shape index (κ1) is 10.9. The van der Waals surface area contributed by atoms with E-state index in [2.05, 4.69) is 33.9 Å². The van der Waals surface area contributed by atoms with Crippen LogP contribution in [0.4, 0.5) is 0 Å². The predicted octanol–water partition coefficient (Wildman–Crippen LogP) is 1.58. The van der Waals surface area contributed by atoms with Gasteiger partial charge in [0.15, 0.2) is 11.0 Å². The zero-order valence-corrected chi connectivity index (χ0v) is 10.4. The molecule has 1 N–H and O–H groups in total. The van der Waals surface area contributed by atoms with Crippen LogP contribution in [0.5, 0.6) is 0 Å². The summed E-state index contributed by atoms with van der Waals surface area (Å²) in [5, 5.41) is 11.0. The fourth-order valence-electron chi connectivity index (χ4n) is 2.34. The number of nitrogens with zero attached hydrogens (tertiary/aromatic N) is 2. The normalized spacial score (nSPS) is 19.2. The lowest BCUT2D eigenvalue weighted by Crippen LogP contribution is -2.45. The van der Waals surface area contributed by atoms with Crippen LogP contribution in [-0.2, 0) is 13.1 Å². The quantitative estimate of drug-likeness (QED) is 0.645. The van der Waals surface area contributed by atoms with E-state index in [4.69, 9.17) is 0 Å². The number of hydrogen-bond donors (Lipinski definition) is 1. The van der Waals surface area contributed by atoms with Crippen LogP contribution in [-0.4, -0.2) is 21.5 Å². The van der Waals surface area contributed by atoms with Gasteiger partial charge >= 0.3 is 5.16 Å². The number of benzene rings is 1. The Bertz CT molecular complexity index is 576. The Balaban J connectivity index is 2.28. The number of hydrogen-bond acceptors (Lipinski definition) is 2. The number of aliphatic hydroxyl groups is 1. The molecule has 3 nitrogen and oxygen atoms in total. The molecule has 17 heavy (non-hydrogen) atoms. The number of aliphatic hydroxyl groups excluding tert-OH is 1. The Labute approximate surface area is 104 Å². The van der Waals surface area contributed by atoms with Gasteiger partial charge in [-0.25, -0.2) is 9.13 Å². The largest absolute Gasteiger partial charge is 0.388 e. The number of aromatic nitrogens is 2. The average molecular weight is 247 g/mol. The molecule has 1 aromatic carbocycles. The van der Waals surface area contributed by atoms with Crippen LogP contribution in [0.2, 0.25) is 0 Å². The lowest BCUT2D eigenvalue weighted by Gasteiger charge is -2.14. The first-order valence-corrected chi connectivity index (χ1v) is 6.72. The Morgan fingerprint density at radius 1 is 1.53 bits per heavy atom. The number of rotatable bonds is 2. The highest BCUT2D eigenvalue weighted by atomic mass is 32.2. The molecule has 0 unspecified atom stereocenters. The van der Waals surface area contributed by atoms with Gasteiger partial charge in [-0.1, -0.05) is 24.8 Å². The van der Waals surface area contributed by atoms with E-state index in [1.807, 2.05) is 12.1 Å². The Hall–Kier alpha value is -1.26. The molecule has 0 fully saturated rings. The van der Waals surface area contributed by atoms with Gasteiger partial charge < -0.3 is 5.11 Å². The van der Waals surface area contributed by atoms with Gasteiger partial charge in [0.25, 0.3) is 0 Å². The highest BCUT2D eigenvalue weighted by Gasteiger charge is 2.30. The van der Waals surface area contributed by atoms with Gasteiger partial charge in [0.1, 0.15) is 19.2 Å². The van der Waals surface area contributed by atoms with E-state index in [0.29, 0.717) is 6.54 Å². The van der Waals surface area contributed by atoms with Crippen LogP contribution in [0.1, 0.15) is 0 Å². The monoisotopic (exact) mass is 247 g/mol. The molecule has 0 amide bonds. The molecule has 1 atom stereocenters. The molecule has 0 bridgehead atoms.